The van der Waals surface area contributed by atoms with Crippen LogP contribution in [0, 0.1) is 5.92 Å². The Kier molecular flexibility index (Phi) is 5.36. The first kappa shape index (κ1) is 14.7. The lowest BCUT2D eigenvalue weighted by atomic mass is 10.2. The molecule has 0 bridgehead atoms. The number of hydrogen-bond acceptors (Lipinski definition) is 4. The highest BCUT2D eigenvalue weighted by Gasteiger charge is 2.38. The van der Waals surface area contributed by atoms with Crippen LogP contribution >= 0.6 is 0 Å². The summed E-state index contributed by atoms with van der Waals surface area (Å²) in [7, 11) is 1.58. The summed E-state index contributed by atoms with van der Waals surface area (Å²) in [6.07, 6.45) is -0.690. The number of rotatable bonds is 5. The summed E-state index contributed by atoms with van der Waals surface area (Å²) < 4.78 is 4.94. The van der Waals surface area contributed by atoms with E-state index in [0.29, 0.717) is 13.2 Å². The number of hydrogen-bond donors (Lipinski definition) is 3. The molecule has 1 saturated heterocycles. The van der Waals surface area contributed by atoms with Gasteiger partial charge in [-0.25, -0.2) is 9.59 Å². The van der Waals surface area contributed by atoms with Crippen molar-refractivity contribution in [1.82, 2.24) is 10.2 Å². The number of urea groups is 1. The number of β-amino-alcohol motifs (C(OH)–C–C–N with tert-alkyl or cyclic N) is 1. The Morgan fingerprint density at radius 1 is 1.56 bits per heavy atom. The molecule has 104 valence electrons. The normalized spacial score (nSPS) is 24.9. The molecule has 7 nitrogen and oxygen atoms in total. The van der Waals surface area contributed by atoms with Crippen LogP contribution in [0.25, 0.3) is 0 Å². The van der Waals surface area contributed by atoms with Crippen LogP contribution in [0.5, 0.6) is 0 Å². The fourth-order valence-electron chi connectivity index (χ4n) is 1.98. The number of likely N-dealkylation sites (tertiary alicyclic amines) is 1. The molecular weight excluding hydrogens is 240 g/mol. The van der Waals surface area contributed by atoms with Gasteiger partial charge in [-0.3, -0.25) is 0 Å². The van der Waals surface area contributed by atoms with E-state index in [-0.39, 0.29) is 18.9 Å². The lowest BCUT2D eigenvalue weighted by Crippen LogP contribution is -2.47. The molecule has 18 heavy (non-hydrogen) atoms. The minimum absolute atomic E-state index is 0.0570. The number of carbonyl (C=O) groups is 2. The predicted octanol–water partition coefficient (Wildman–Crippen LogP) is -0.502. The monoisotopic (exact) mass is 260 g/mol. The van der Waals surface area contributed by atoms with Gasteiger partial charge in [0.2, 0.25) is 0 Å². The second kappa shape index (κ2) is 6.55. The smallest absolute Gasteiger partial charge is 0.326 e. The average Bonchev–Trinajstić information content (AvgIpc) is 2.69. The number of aliphatic carboxylic acids is 1. The Labute approximate surface area is 106 Å². The molecule has 2 amide bonds. The molecule has 1 fully saturated rings. The van der Waals surface area contributed by atoms with Crippen molar-refractivity contribution >= 4 is 12.0 Å². The zero-order chi connectivity index (χ0) is 13.7. The number of aliphatic hydroxyl groups is 1. The van der Waals surface area contributed by atoms with Crippen molar-refractivity contribution in [2.45, 2.75) is 25.5 Å². The van der Waals surface area contributed by atoms with E-state index >= 15 is 0 Å². The van der Waals surface area contributed by atoms with Gasteiger partial charge in [-0.1, -0.05) is 6.92 Å². The number of nitrogens with zero attached hydrogens (tertiary/aromatic N) is 1. The zero-order valence-corrected chi connectivity index (χ0v) is 10.6. The van der Waals surface area contributed by atoms with Gasteiger partial charge in [-0.15, -0.1) is 0 Å². The van der Waals surface area contributed by atoms with Crippen LogP contribution in [-0.4, -0.2) is 66.1 Å². The van der Waals surface area contributed by atoms with Gasteiger partial charge in [0.25, 0.3) is 0 Å². The molecule has 1 rings (SSSR count). The van der Waals surface area contributed by atoms with Gasteiger partial charge >= 0.3 is 12.0 Å². The van der Waals surface area contributed by atoms with E-state index in [1.165, 1.54) is 0 Å². The van der Waals surface area contributed by atoms with Gasteiger partial charge in [-0.2, -0.15) is 0 Å². The highest BCUT2D eigenvalue weighted by Crippen LogP contribution is 2.18. The maximum atomic E-state index is 11.8. The summed E-state index contributed by atoms with van der Waals surface area (Å²) in [4.78, 5) is 23.9. The molecule has 0 spiro atoms. The van der Waals surface area contributed by atoms with E-state index < -0.39 is 24.1 Å². The molecule has 0 saturated carbocycles. The molecule has 0 aromatic heterocycles. The van der Waals surface area contributed by atoms with Gasteiger partial charge in [0.15, 0.2) is 0 Å². The van der Waals surface area contributed by atoms with Crippen molar-refractivity contribution in [2.24, 2.45) is 5.92 Å². The first-order valence-electron chi connectivity index (χ1n) is 5.90. The lowest BCUT2D eigenvalue weighted by molar-refractivity contribution is -0.141. The third kappa shape index (κ3) is 3.85. The minimum Gasteiger partial charge on any atom is -0.480 e. The highest BCUT2D eigenvalue weighted by atomic mass is 16.5. The van der Waals surface area contributed by atoms with Gasteiger partial charge in [-0.05, 0) is 5.92 Å². The molecule has 3 atom stereocenters. The first-order valence-corrected chi connectivity index (χ1v) is 5.90. The topological polar surface area (TPSA) is 99.1 Å². The quantitative estimate of drug-likeness (QED) is 0.619. The predicted molar refractivity (Wildman–Crippen MR) is 63.2 cm³/mol. The summed E-state index contributed by atoms with van der Waals surface area (Å²) in [6, 6.07) is -1.40. The van der Waals surface area contributed by atoms with E-state index in [1.54, 1.807) is 7.11 Å². The molecule has 0 radical (unpaired) electrons. The lowest BCUT2D eigenvalue weighted by Gasteiger charge is -2.22. The Morgan fingerprint density at radius 3 is 2.78 bits per heavy atom. The Hall–Kier alpha value is -1.34. The van der Waals surface area contributed by atoms with Crippen molar-refractivity contribution in [3.05, 3.63) is 0 Å². The summed E-state index contributed by atoms with van der Waals surface area (Å²) in [6.45, 7) is 2.90. The first-order chi connectivity index (χ1) is 8.45. The van der Waals surface area contributed by atoms with Gasteiger partial charge in [0, 0.05) is 26.6 Å². The fourth-order valence-corrected chi connectivity index (χ4v) is 1.98. The number of amides is 2. The third-order valence-corrected chi connectivity index (χ3v) is 2.88. The maximum absolute atomic E-state index is 11.8. The molecule has 0 aliphatic carbocycles. The van der Waals surface area contributed by atoms with Crippen molar-refractivity contribution in [2.75, 3.05) is 26.8 Å². The van der Waals surface area contributed by atoms with Crippen LogP contribution in [0.4, 0.5) is 4.79 Å². The number of carboxylic acid groups (broad SMARTS) is 1. The number of carboxylic acids is 1. The molecule has 1 aliphatic heterocycles. The van der Waals surface area contributed by atoms with Crippen LogP contribution in [0.15, 0.2) is 0 Å². The van der Waals surface area contributed by atoms with Crippen LogP contribution in [0.1, 0.15) is 13.3 Å². The Bertz CT molecular complexity index is 310. The summed E-state index contributed by atoms with van der Waals surface area (Å²) in [5, 5.41) is 21.0. The van der Waals surface area contributed by atoms with Crippen LogP contribution < -0.4 is 5.32 Å². The van der Waals surface area contributed by atoms with Crippen molar-refractivity contribution in [3.8, 4) is 0 Å². The van der Waals surface area contributed by atoms with Crippen LogP contribution in [0.3, 0.4) is 0 Å². The second-order valence-electron chi connectivity index (χ2n) is 4.64. The average molecular weight is 260 g/mol. The van der Waals surface area contributed by atoms with Gasteiger partial charge in [0.05, 0.1) is 12.7 Å². The van der Waals surface area contributed by atoms with Gasteiger partial charge < -0.3 is 25.2 Å². The Morgan fingerprint density at radius 2 is 2.22 bits per heavy atom. The second-order valence-corrected chi connectivity index (χ2v) is 4.64. The zero-order valence-electron chi connectivity index (χ0n) is 10.6. The number of carbonyl (C=O) groups excluding carboxylic acids is 1. The summed E-state index contributed by atoms with van der Waals surface area (Å²) in [5.74, 6) is -0.943. The van der Waals surface area contributed by atoms with Crippen molar-refractivity contribution in [1.29, 1.82) is 0 Å². The molecular formula is C11H20N2O5. The van der Waals surface area contributed by atoms with Gasteiger partial charge in [0.1, 0.15) is 6.04 Å². The van der Waals surface area contributed by atoms with E-state index in [1.807, 2.05) is 6.92 Å². The SMILES string of the molecule is COCC(C)CNC(=O)N1C[C@@H](O)C[C@H]1C(=O)O. The Balaban J connectivity index is 2.47. The molecule has 1 heterocycles. The maximum Gasteiger partial charge on any atom is 0.326 e. The van der Waals surface area contributed by atoms with E-state index in [9.17, 15) is 14.7 Å². The summed E-state index contributed by atoms with van der Waals surface area (Å²) in [5.41, 5.74) is 0. The van der Waals surface area contributed by atoms with E-state index in [4.69, 9.17) is 9.84 Å². The number of nitrogens with one attached hydrogen (secondary N) is 1. The van der Waals surface area contributed by atoms with Crippen LogP contribution in [0.2, 0.25) is 0 Å². The minimum atomic E-state index is -1.09. The van der Waals surface area contributed by atoms with E-state index in [2.05, 4.69) is 5.32 Å². The molecule has 1 unspecified atom stereocenters. The molecule has 7 heteroatoms. The highest BCUT2D eigenvalue weighted by molar-refractivity contribution is 5.83. The number of methoxy groups -OCH3 is 1. The molecule has 0 aromatic rings. The van der Waals surface area contributed by atoms with E-state index in [0.717, 1.165) is 4.90 Å². The number of aliphatic hydroxyl groups excluding tert-OH is 1. The molecule has 3 N–H and O–H groups in total. The molecule has 0 aromatic carbocycles. The summed E-state index contributed by atoms with van der Waals surface area (Å²) >= 11 is 0. The number of ether oxygens (including phenoxy) is 1. The third-order valence-electron chi connectivity index (χ3n) is 2.88. The molecule has 1 aliphatic rings. The largest absolute Gasteiger partial charge is 0.480 e. The van der Waals surface area contributed by atoms with Crippen molar-refractivity contribution < 1.29 is 24.5 Å². The standard InChI is InChI=1S/C11H20N2O5/c1-7(6-18-2)4-12-11(17)13-5-8(14)3-9(13)10(15)16/h7-9,14H,3-6H2,1-2H3,(H,12,17)(H,15,16)/t7?,8-,9-/m0/s1. The van der Waals surface area contributed by atoms with Crippen molar-refractivity contribution in [3.63, 3.8) is 0 Å². The van der Waals surface area contributed by atoms with Crippen LogP contribution in [-0.2, 0) is 9.53 Å². The fraction of sp³-hybridized carbons (Fsp3) is 0.818.